The van der Waals surface area contributed by atoms with Crippen molar-refractivity contribution in [2.75, 3.05) is 18.0 Å². The predicted octanol–water partition coefficient (Wildman–Crippen LogP) is 3.97. The Bertz CT molecular complexity index is 1170. The van der Waals surface area contributed by atoms with Gasteiger partial charge in [-0.3, -0.25) is 9.89 Å². The number of para-hydroxylation sites is 2. The zero-order chi connectivity index (χ0) is 21.2. The van der Waals surface area contributed by atoms with Crippen LogP contribution in [0.4, 0.5) is 5.82 Å². The molecule has 1 fully saturated rings. The second kappa shape index (κ2) is 8.55. The van der Waals surface area contributed by atoms with Crippen molar-refractivity contribution >= 4 is 34.1 Å². The van der Waals surface area contributed by atoms with Crippen LogP contribution in [0.5, 0.6) is 0 Å². The number of aromatic nitrogens is 4. The van der Waals surface area contributed by atoms with Crippen molar-refractivity contribution in [2.45, 2.75) is 38.8 Å². The van der Waals surface area contributed by atoms with Gasteiger partial charge in [0.2, 0.25) is 5.91 Å². The molecule has 1 aromatic carbocycles. The summed E-state index contributed by atoms with van der Waals surface area (Å²) in [5, 5.41) is 12.9. The molecule has 7 nitrogen and oxygen atoms in total. The molecule has 3 aromatic heterocycles. The second-order valence-corrected chi connectivity index (χ2v) is 8.94. The summed E-state index contributed by atoms with van der Waals surface area (Å²) in [5.41, 5.74) is 3.12. The molecule has 8 heteroatoms. The Labute approximate surface area is 185 Å². The molecule has 0 unspecified atom stereocenters. The number of aryl methyl sites for hydroxylation is 2. The normalized spacial score (nSPS) is 14.9. The molecular weight excluding hydrogens is 408 g/mol. The van der Waals surface area contributed by atoms with Crippen LogP contribution in [-0.4, -0.2) is 44.8 Å². The highest BCUT2D eigenvalue weighted by molar-refractivity contribution is 7.13. The SMILES string of the molecule is Cc1nc2ccccc2n1CCC(=O)NC1CCN(c2cc(-c3cccs3)[nH]n2)CC1. The summed E-state index contributed by atoms with van der Waals surface area (Å²) in [7, 11) is 0. The maximum absolute atomic E-state index is 12.6. The minimum absolute atomic E-state index is 0.107. The molecule has 0 bridgehead atoms. The predicted molar refractivity (Wildman–Crippen MR) is 124 cm³/mol. The Morgan fingerprint density at radius 2 is 2.06 bits per heavy atom. The van der Waals surface area contributed by atoms with Gasteiger partial charge in [0.05, 0.1) is 21.6 Å². The lowest BCUT2D eigenvalue weighted by molar-refractivity contribution is -0.122. The van der Waals surface area contributed by atoms with Gasteiger partial charge >= 0.3 is 0 Å². The number of anilines is 1. The number of carbonyl (C=O) groups excluding carboxylic acids is 1. The number of hydrogen-bond acceptors (Lipinski definition) is 5. The van der Waals surface area contributed by atoms with Crippen molar-refractivity contribution in [3.63, 3.8) is 0 Å². The van der Waals surface area contributed by atoms with Crippen LogP contribution in [-0.2, 0) is 11.3 Å². The Morgan fingerprint density at radius 1 is 1.23 bits per heavy atom. The molecule has 0 atom stereocenters. The van der Waals surface area contributed by atoms with E-state index >= 15 is 0 Å². The molecule has 1 aliphatic rings. The molecular formula is C23H26N6OS. The molecule has 5 rings (SSSR count). The zero-order valence-electron chi connectivity index (χ0n) is 17.5. The maximum Gasteiger partial charge on any atom is 0.222 e. The number of nitrogens with zero attached hydrogens (tertiary/aromatic N) is 4. The molecule has 2 N–H and O–H groups in total. The molecule has 4 aromatic rings. The lowest BCUT2D eigenvalue weighted by Crippen LogP contribution is -2.45. The number of fused-ring (bicyclic) bond motifs is 1. The van der Waals surface area contributed by atoms with Gasteiger partial charge in [-0.15, -0.1) is 11.3 Å². The molecule has 0 radical (unpaired) electrons. The molecule has 0 aliphatic carbocycles. The van der Waals surface area contributed by atoms with Crippen molar-refractivity contribution < 1.29 is 4.79 Å². The maximum atomic E-state index is 12.6. The van der Waals surface area contributed by atoms with Gasteiger partial charge in [0.1, 0.15) is 5.82 Å². The quantitative estimate of drug-likeness (QED) is 0.481. The van der Waals surface area contributed by atoms with Gasteiger partial charge in [-0.25, -0.2) is 4.98 Å². The first-order chi connectivity index (χ1) is 15.2. The molecule has 1 amide bonds. The molecule has 160 valence electrons. The first-order valence-electron chi connectivity index (χ1n) is 10.7. The first-order valence-corrected chi connectivity index (χ1v) is 11.6. The fourth-order valence-corrected chi connectivity index (χ4v) is 4.97. The minimum Gasteiger partial charge on any atom is -0.355 e. The highest BCUT2D eigenvalue weighted by atomic mass is 32.1. The summed E-state index contributed by atoms with van der Waals surface area (Å²) in [4.78, 5) is 20.6. The summed E-state index contributed by atoms with van der Waals surface area (Å²) in [6.45, 7) is 4.43. The molecule has 1 aliphatic heterocycles. The van der Waals surface area contributed by atoms with Gasteiger partial charge in [0, 0.05) is 38.2 Å². The van der Waals surface area contributed by atoms with Gasteiger partial charge in [-0.2, -0.15) is 5.10 Å². The minimum atomic E-state index is 0.107. The summed E-state index contributed by atoms with van der Waals surface area (Å²) in [6, 6.07) is 14.5. The Hall–Kier alpha value is -3.13. The number of nitrogens with one attached hydrogen (secondary N) is 2. The van der Waals surface area contributed by atoms with Crippen molar-refractivity contribution in [1.82, 2.24) is 25.1 Å². The van der Waals surface area contributed by atoms with E-state index < -0.39 is 0 Å². The highest BCUT2D eigenvalue weighted by Gasteiger charge is 2.22. The van der Waals surface area contributed by atoms with Crippen molar-refractivity contribution in [2.24, 2.45) is 0 Å². The number of carbonyl (C=O) groups is 1. The fraction of sp³-hybridized carbons (Fsp3) is 0.348. The Kier molecular flexibility index (Phi) is 5.46. The standard InChI is InChI=1S/C23H26N6OS/c1-16-24-18-5-2-3-6-20(18)29(16)13-10-23(30)25-17-8-11-28(12-9-17)22-15-19(26-27-22)21-7-4-14-31-21/h2-7,14-15,17H,8-13H2,1H3,(H,25,30)(H,26,27). The number of H-pyrrole nitrogens is 1. The number of amides is 1. The van der Waals surface area contributed by atoms with Crippen LogP contribution in [0.1, 0.15) is 25.1 Å². The number of imidazole rings is 1. The lowest BCUT2D eigenvalue weighted by atomic mass is 10.0. The van der Waals surface area contributed by atoms with E-state index in [0.29, 0.717) is 13.0 Å². The average Bonchev–Trinajstić information content (AvgIpc) is 3.52. The third kappa shape index (κ3) is 4.20. The average molecular weight is 435 g/mol. The van der Waals surface area contributed by atoms with E-state index in [1.807, 2.05) is 31.2 Å². The summed E-state index contributed by atoms with van der Waals surface area (Å²) < 4.78 is 2.13. The smallest absolute Gasteiger partial charge is 0.222 e. The van der Waals surface area contributed by atoms with Gasteiger partial charge in [0.15, 0.2) is 5.82 Å². The van der Waals surface area contributed by atoms with E-state index in [9.17, 15) is 4.79 Å². The third-order valence-corrected chi connectivity index (χ3v) is 6.85. The number of rotatable bonds is 6. The van der Waals surface area contributed by atoms with Crippen LogP contribution in [0.2, 0.25) is 0 Å². The van der Waals surface area contributed by atoms with Gasteiger partial charge in [-0.1, -0.05) is 18.2 Å². The molecule has 4 heterocycles. The molecule has 1 saturated heterocycles. The highest BCUT2D eigenvalue weighted by Crippen LogP contribution is 2.27. The van der Waals surface area contributed by atoms with Crippen molar-refractivity contribution in [3.05, 3.63) is 53.7 Å². The molecule has 31 heavy (non-hydrogen) atoms. The number of hydrogen-bond donors (Lipinski definition) is 2. The number of benzene rings is 1. The summed E-state index contributed by atoms with van der Waals surface area (Å²) >= 11 is 1.71. The monoisotopic (exact) mass is 434 g/mol. The molecule has 0 saturated carbocycles. The van der Waals surface area contributed by atoms with Crippen LogP contribution in [0, 0.1) is 6.92 Å². The largest absolute Gasteiger partial charge is 0.355 e. The van der Waals surface area contributed by atoms with Gasteiger partial charge in [-0.05, 0) is 43.3 Å². The Morgan fingerprint density at radius 3 is 2.87 bits per heavy atom. The molecule has 0 spiro atoms. The van der Waals surface area contributed by atoms with Crippen LogP contribution in [0.3, 0.4) is 0 Å². The van der Waals surface area contributed by atoms with Crippen LogP contribution in [0.25, 0.3) is 21.6 Å². The van der Waals surface area contributed by atoms with Crippen LogP contribution in [0.15, 0.2) is 47.8 Å². The third-order valence-electron chi connectivity index (χ3n) is 5.94. The van der Waals surface area contributed by atoms with Gasteiger partial charge in [0.25, 0.3) is 0 Å². The van der Waals surface area contributed by atoms with Gasteiger partial charge < -0.3 is 14.8 Å². The van der Waals surface area contributed by atoms with Crippen molar-refractivity contribution in [1.29, 1.82) is 0 Å². The van der Waals surface area contributed by atoms with E-state index in [1.54, 1.807) is 11.3 Å². The topological polar surface area (TPSA) is 78.8 Å². The summed E-state index contributed by atoms with van der Waals surface area (Å²) in [6.07, 6.45) is 2.32. The van der Waals surface area contributed by atoms with Crippen LogP contribution < -0.4 is 10.2 Å². The fourth-order valence-electron chi connectivity index (χ4n) is 4.28. The summed E-state index contributed by atoms with van der Waals surface area (Å²) in [5.74, 6) is 2.04. The Balaban J connectivity index is 1.12. The lowest BCUT2D eigenvalue weighted by Gasteiger charge is -2.32. The van der Waals surface area contributed by atoms with E-state index in [-0.39, 0.29) is 11.9 Å². The van der Waals surface area contributed by atoms with Crippen molar-refractivity contribution in [3.8, 4) is 10.6 Å². The van der Waals surface area contributed by atoms with E-state index in [4.69, 9.17) is 0 Å². The number of thiophene rings is 1. The van der Waals surface area contributed by atoms with E-state index in [2.05, 4.69) is 53.5 Å². The second-order valence-electron chi connectivity index (χ2n) is 8.00. The first kappa shape index (κ1) is 19.8. The zero-order valence-corrected chi connectivity index (χ0v) is 18.4. The number of aromatic amines is 1. The van der Waals surface area contributed by atoms with E-state index in [1.165, 1.54) is 4.88 Å². The van der Waals surface area contributed by atoms with Crippen LogP contribution >= 0.6 is 11.3 Å². The number of piperidine rings is 1. The van der Waals surface area contributed by atoms with E-state index in [0.717, 1.165) is 54.3 Å².